The number of hydrogen-bond acceptors (Lipinski definition) is 2. The number of benzene rings is 1. The average Bonchev–Trinajstić information content (AvgIpc) is 2.66. The summed E-state index contributed by atoms with van der Waals surface area (Å²) in [5, 5.41) is 11.6. The SMILES string of the molecule is Cc1cn(C)c2c1c(C(=O)O)nc1cc(Cl)c(Cl)cc12. The first-order valence-corrected chi connectivity index (χ1v) is 6.63. The number of pyridine rings is 1. The van der Waals surface area contributed by atoms with Crippen molar-refractivity contribution in [2.24, 2.45) is 7.05 Å². The van der Waals surface area contributed by atoms with Crippen molar-refractivity contribution in [1.82, 2.24) is 9.55 Å². The number of carboxylic acids is 1. The molecule has 0 fully saturated rings. The van der Waals surface area contributed by atoms with Crippen molar-refractivity contribution in [3.8, 4) is 0 Å². The highest BCUT2D eigenvalue weighted by Crippen LogP contribution is 2.34. The van der Waals surface area contributed by atoms with Crippen LogP contribution in [0.3, 0.4) is 0 Å². The van der Waals surface area contributed by atoms with Gasteiger partial charge in [0.15, 0.2) is 5.69 Å². The molecule has 0 aliphatic carbocycles. The van der Waals surface area contributed by atoms with Crippen LogP contribution in [0.4, 0.5) is 0 Å². The van der Waals surface area contributed by atoms with Crippen LogP contribution >= 0.6 is 23.2 Å². The van der Waals surface area contributed by atoms with E-state index in [4.69, 9.17) is 23.2 Å². The van der Waals surface area contributed by atoms with Gasteiger partial charge in [0.25, 0.3) is 0 Å². The number of hydrogen-bond donors (Lipinski definition) is 1. The molecule has 2 heterocycles. The topological polar surface area (TPSA) is 55.1 Å². The Bertz CT molecular complexity index is 884. The summed E-state index contributed by atoms with van der Waals surface area (Å²) in [6.45, 7) is 1.86. The maximum absolute atomic E-state index is 11.4. The molecule has 0 radical (unpaired) electrons. The van der Waals surface area contributed by atoms with Gasteiger partial charge in [-0.25, -0.2) is 9.78 Å². The number of aromatic nitrogens is 2. The lowest BCUT2D eigenvalue weighted by molar-refractivity contribution is 0.0693. The van der Waals surface area contributed by atoms with Crippen LogP contribution in [-0.2, 0) is 7.05 Å². The highest BCUT2D eigenvalue weighted by molar-refractivity contribution is 6.43. The molecule has 0 aliphatic rings. The molecule has 0 bridgehead atoms. The van der Waals surface area contributed by atoms with Crippen LogP contribution in [0.5, 0.6) is 0 Å². The van der Waals surface area contributed by atoms with E-state index >= 15 is 0 Å². The third-order valence-electron chi connectivity index (χ3n) is 3.34. The van der Waals surface area contributed by atoms with Gasteiger partial charge in [-0.05, 0) is 24.6 Å². The summed E-state index contributed by atoms with van der Waals surface area (Å²) in [4.78, 5) is 15.7. The predicted molar refractivity (Wildman–Crippen MR) is 79.9 cm³/mol. The minimum atomic E-state index is -1.06. The molecule has 0 aliphatic heterocycles. The molecular formula is C14H10Cl2N2O2. The van der Waals surface area contributed by atoms with Crippen molar-refractivity contribution in [1.29, 1.82) is 0 Å². The van der Waals surface area contributed by atoms with Gasteiger partial charge in [-0.1, -0.05) is 23.2 Å². The van der Waals surface area contributed by atoms with Gasteiger partial charge < -0.3 is 9.67 Å². The first-order chi connectivity index (χ1) is 9.40. The third-order valence-corrected chi connectivity index (χ3v) is 4.06. The summed E-state index contributed by atoms with van der Waals surface area (Å²) in [7, 11) is 1.86. The van der Waals surface area contributed by atoms with Crippen molar-refractivity contribution in [3.63, 3.8) is 0 Å². The van der Waals surface area contributed by atoms with Crippen LogP contribution in [0.25, 0.3) is 21.8 Å². The number of carbonyl (C=O) groups is 1. The van der Waals surface area contributed by atoms with Crippen molar-refractivity contribution in [2.45, 2.75) is 6.92 Å². The number of rotatable bonds is 1. The fraction of sp³-hybridized carbons (Fsp3) is 0.143. The van der Waals surface area contributed by atoms with E-state index in [1.807, 2.05) is 24.7 Å². The molecule has 1 aromatic carbocycles. The Morgan fingerprint density at radius 1 is 1.30 bits per heavy atom. The maximum atomic E-state index is 11.4. The van der Waals surface area contributed by atoms with Crippen LogP contribution in [0.2, 0.25) is 10.0 Å². The minimum Gasteiger partial charge on any atom is -0.476 e. The summed E-state index contributed by atoms with van der Waals surface area (Å²) in [5.74, 6) is -1.06. The smallest absolute Gasteiger partial charge is 0.355 e. The molecule has 3 aromatic rings. The molecule has 0 atom stereocenters. The van der Waals surface area contributed by atoms with Gasteiger partial charge in [0.2, 0.25) is 0 Å². The van der Waals surface area contributed by atoms with E-state index in [1.54, 1.807) is 12.1 Å². The quantitative estimate of drug-likeness (QED) is 0.738. The summed E-state index contributed by atoms with van der Waals surface area (Å²) < 4.78 is 1.88. The van der Waals surface area contributed by atoms with Crippen LogP contribution in [0.1, 0.15) is 16.1 Å². The second-order valence-corrected chi connectivity index (χ2v) is 5.51. The Labute approximate surface area is 124 Å². The largest absolute Gasteiger partial charge is 0.476 e. The lowest BCUT2D eigenvalue weighted by Crippen LogP contribution is -2.03. The van der Waals surface area contributed by atoms with E-state index in [1.165, 1.54) is 0 Å². The van der Waals surface area contributed by atoms with Gasteiger partial charge in [-0.2, -0.15) is 0 Å². The maximum Gasteiger partial charge on any atom is 0.355 e. The van der Waals surface area contributed by atoms with Gasteiger partial charge in [0, 0.05) is 24.0 Å². The summed E-state index contributed by atoms with van der Waals surface area (Å²) in [6, 6.07) is 3.31. The summed E-state index contributed by atoms with van der Waals surface area (Å²) in [5.41, 5.74) is 2.21. The molecule has 3 rings (SSSR count). The number of halogens is 2. The zero-order valence-electron chi connectivity index (χ0n) is 10.7. The van der Waals surface area contributed by atoms with Crippen LogP contribution in [-0.4, -0.2) is 20.6 Å². The molecule has 20 heavy (non-hydrogen) atoms. The molecule has 4 nitrogen and oxygen atoms in total. The number of fused-ring (bicyclic) bond motifs is 3. The number of nitrogens with zero attached hydrogens (tertiary/aromatic N) is 2. The monoisotopic (exact) mass is 308 g/mol. The Morgan fingerprint density at radius 2 is 1.95 bits per heavy atom. The summed E-state index contributed by atoms with van der Waals surface area (Å²) in [6.07, 6.45) is 1.88. The number of aryl methyl sites for hydroxylation is 2. The van der Waals surface area contributed by atoms with E-state index in [-0.39, 0.29) is 5.69 Å². The average molecular weight is 309 g/mol. The highest BCUT2D eigenvalue weighted by Gasteiger charge is 2.19. The molecule has 0 amide bonds. The lowest BCUT2D eigenvalue weighted by atomic mass is 10.1. The number of aromatic carboxylic acids is 1. The van der Waals surface area contributed by atoms with Gasteiger partial charge in [-0.15, -0.1) is 0 Å². The molecule has 2 aromatic heterocycles. The van der Waals surface area contributed by atoms with Gasteiger partial charge in [0.1, 0.15) is 0 Å². The van der Waals surface area contributed by atoms with E-state index in [2.05, 4.69) is 4.98 Å². The van der Waals surface area contributed by atoms with Gasteiger partial charge >= 0.3 is 5.97 Å². The van der Waals surface area contributed by atoms with Gasteiger partial charge in [-0.3, -0.25) is 0 Å². The Kier molecular flexibility index (Phi) is 2.88. The van der Waals surface area contributed by atoms with Crippen LogP contribution in [0.15, 0.2) is 18.3 Å². The first-order valence-electron chi connectivity index (χ1n) is 5.88. The standard InChI is InChI=1S/C14H10Cl2N2O2/c1-6-5-18(2)13-7-3-8(15)9(16)4-10(7)17-12(11(6)13)14(19)20/h3-5H,1-2H3,(H,19,20). The van der Waals surface area contributed by atoms with E-state index in [0.717, 1.165) is 16.5 Å². The molecule has 0 unspecified atom stereocenters. The Hall–Kier alpha value is -1.78. The molecule has 102 valence electrons. The fourth-order valence-electron chi connectivity index (χ4n) is 2.56. The highest BCUT2D eigenvalue weighted by atomic mass is 35.5. The minimum absolute atomic E-state index is 0.0315. The molecule has 0 spiro atoms. The third kappa shape index (κ3) is 1.76. The zero-order valence-corrected chi connectivity index (χ0v) is 12.2. The number of carboxylic acid groups (broad SMARTS) is 1. The van der Waals surface area contributed by atoms with E-state index < -0.39 is 5.97 Å². The molecule has 6 heteroatoms. The normalized spacial score (nSPS) is 11.4. The Morgan fingerprint density at radius 3 is 2.60 bits per heavy atom. The van der Waals surface area contributed by atoms with Crippen LogP contribution < -0.4 is 0 Å². The molecular weight excluding hydrogens is 299 g/mol. The van der Waals surface area contributed by atoms with Crippen molar-refractivity contribution in [3.05, 3.63) is 39.6 Å². The second-order valence-electron chi connectivity index (χ2n) is 4.70. The van der Waals surface area contributed by atoms with E-state index in [9.17, 15) is 9.90 Å². The Balaban J connectivity index is 2.64. The molecule has 1 N–H and O–H groups in total. The lowest BCUT2D eigenvalue weighted by Gasteiger charge is -2.07. The second kappa shape index (κ2) is 4.36. The molecule has 0 saturated heterocycles. The van der Waals surface area contributed by atoms with Crippen molar-refractivity contribution in [2.75, 3.05) is 0 Å². The predicted octanol–water partition coefficient (Wildman–Crippen LogP) is 4.04. The van der Waals surface area contributed by atoms with Crippen molar-refractivity contribution < 1.29 is 9.90 Å². The zero-order chi connectivity index (χ0) is 14.6. The summed E-state index contributed by atoms with van der Waals surface area (Å²) >= 11 is 12.1. The van der Waals surface area contributed by atoms with Crippen LogP contribution in [0, 0.1) is 6.92 Å². The fourth-order valence-corrected chi connectivity index (χ4v) is 2.88. The van der Waals surface area contributed by atoms with E-state index in [0.29, 0.717) is 20.9 Å². The first kappa shape index (κ1) is 13.2. The van der Waals surface area contributed by atoms with Gasteiger partial charge in [0.05, 0.1) is 21.1 Å². The molecule has 0 saturated carbocycles. The van der Waals surface area contributed by atoms with Crippen molar-refractivity contribution >= 4 is 51.0 Å².